The Bertz CT molecular complexity index is 1340. The molecule has 0 aromatic heterocycles. The predicted molar refractivity (Wildman–Crippen MR) is 125 cm³/mol. The van der Waals surface area contributed by atoms with Gasteiger partial charge in [0.2, 0.25) is 26.8 Å². The molecule has 1 aliphatic rings. The molecule has 0 fully saturated rings. The standard InChI is InChI=1S/C21H27N3O9S2/c1-12-7-18(31-3)15(8-14-5-6-17-19(9-14)33-11-32-17)13(2)20(12)35(29,30)24-16(21(25)23-26)10-22-34(4,27)28/h5-7,9,16,22,24,26H,8,10-11H2,1-4H3,(H,23,25)/t16-/m1/s1. The van der Waals surface area contributed by atoms with Gasteiger partial charge >= 0.3 is 0 Å². The van der Waals surface area contributed by atoms with Crippen LogP contribution in [0.4, 0.5) is 0 Å². The van der Waals surface area contributed by atoms with Crippen molar-refractivity contribution in [2.75, 3.05) is 26.7 Å². The van der Waals surface area contributed by atoms with Gasteiger partial charge in [-0.05, 0) is 48.7 Å². The first kappa shape index (κ1) is 26.7. The topological polar surface area (TPSA) is 169 Å². The first-order valence-electron chi connectivity index (χ1n) is 10.3. The van der Waals surface area contributed by atoms with E-state index in [2.05, 4.69) is 9.44 Å². The van der Waals surface area contributed by atoms with Gasteiger partial charge in [-0.15, -0.1) is 0 Å². The predicted octanol–water partition coefficient (Wildman–Crippen LogP) is 0.333. The summed E-state index contributed by atoms with van der Waals surface area (Å²) < 4.78 is 70.1. The summed E-state index contributed by atoms with van der Waals surface area (Å²) in [6, 6.07) is 5.35. The van der Waals surface area contributed by atoms with Gasteiger partial charge in [-0.2, -0.15) is 4.72 Å². The molecule has 4 N–H and O–H groups in total. The van der Waals surface area contributed by atoms with Crippen molar-refractivity contribution in [1.29, 1.82) is 0 Å². The van der Waals surface area contributed by atoms with E-state index < -0.39 is 38.5 Å². The number of nitrogens with one attached hydrogen (secondary N) is 3. The number of methoxy groups -OCH3 is 1. The highest BCUT2D eigenvalue weighted by molar-refractivity contribution is 7.89. The molecule has 0 bridgehead atoms. The van der Waals surface area contributed by atoms with Crippen LogP contribution in [0.2, 0.25) is 0 Å². The minimum absolute atomic E-state index is 0.0934. The maximum atomic E-state index is 13.4. The summed E-state index contributed by atoms with van der Waals surface area (Å²) in [4.78, 5) is 12.0. The Balaban J connectivity index is 2.00. The van der Waals surface area contributed by atoms with Gasteiger partial charge in [-0.25, -0.2) is 27.0 Å². The van der Waals surface area contributed by atoms with Crippen LogP contribution >= 0.6 is 0 Å². The largest absolute Gasteiger partial charge is 0.496 e. The Kier molecular flexibility index (Phi) is 7.91. The Labute approximate surface area is 203 Å². The van der Waals surface area contributed by atoms with E-state index in [4.69, 9.17) is 19.4 Å². The van der Waals surface area contributed by atoms with Crippen LogP contribution in [0.3, 0.4) is 0 Å². The summed E-state index contributed by atoms with van der Waals surface area (Å²) >= 11 is 0. The van der Waals surface area contributed by atoms with Crippen LogP contribution in [-0.2, 0) is 31.3 Å². The van der Waals surface area contributed by atoms with Crippen molar-refractivity contribution in [1.82, 2.24) is 14.9 Å². The second-order valence-electron chi connectivity index (χ2n) is 7.96. The zero-order valence-electron chi connectivity index (χ0n) is 19.5. The molecule has 12 nitrogen and oxygen atoms in total. The van der Waals surface area contributed by atoms with Crippen molar-refractivity contribution in [2.45, 2.75) is 31.2 Å². The van der Waals surface area contributed by atoms with Crippen molar-refractivity contribution >= 4 is 26.0 Å². The van der Waals surface area contributed by atoms with Gasteiger partial charge in [0.25, 0.3) is 5.91 Å². The van der Waals surface area contributed by atoms with E-state index in [0.717, 1.165) is 11.8 Å². The van der Waals surface area contributed by atoms with Crippen LogP contribution in [0.1, 0.15) is 22.3 Å². The molecule has 2 aromatic carbocycles. The lowest BCUT2D eigenvalue weighted by Crippen LogP contribution is -2.52. The van der Waals surface area contributed by atoms with Crippen molar-refractivity contribution in [3.8, 4) is 17.2 Å². The van der Waals surface area contributed by atoms with E-state index in [0.29, 0.717) is 40.4 Å². The van der Waals surface area contributed by atoms with Gasteiger partial charge in [0, 0.05) is 18.5 Å². The lowest BCUT2D eigenvalue weighted by atomic mass is 9.97. The molecule has 0 saturated carbocycles. The van der Waals surface area contributed by atoms with Crippen molar-refractivity contribution in [3.63, 3.8) is 0 Å². The number of fused-ring (bicyclic) bond motifs is 1. The number of ether oxygens (including phenoxy) is 3. The minimum atomic E-state index is -4.35. The molecule has 192 valence electrons. The quantitative estimate of drug-likeness (QED) is 0.250. The zero-order chi connectivity index (χ0) is 26.0. The third-order valence-corrected chi connectivity index (χ3v) is 7.83. The number of hydrogen-bond acceptors (Lipinski definition) is 9. The van der Waals surface area contributed by atoms with Gasteiger partial charge in [0.05, 0.1) is 18.3 Å². The van der Waals surface area contributed by atoms with Crippen molar-refractivity contribution < 1.29 is 41.0 Å². The van der Waals surface area contributed by atoms with Gasteiger partial charge in [-0.3, -0.25) is 10.0 Å². The average molecular weight is 530 g/mol. The normalized spacial score (nSPS) is 14.0. The number of sulfonamides is 2. The number of hydrogen-bond donors (Lipinski definition) is 4. The Morgan fingerprint density at radius 2 is 1.83 bits per heavy atom. The number of aryl methyl sites for hydroxylation is 1. The molecule has 1 amide bonds. The third kappa shape index (κ3) is 6.21. The second-order valence-corrected chi connectivity index (χ2v) is 11.4. The van der Waals surface area contributed by atoms with Gasteiger partial charge in [0.1, 0.15) is 11.8 Å². The van der Waals surface area contributed by atoms with Crippen LogP contribution in [0.15, 0.2) is 29.2 Å². The maximum absolute atomic E-state index is 13.4. The lowest BCUT2D eigenvalue weighted by molar-refractivity contribution is -0.130. The van der Waals surface area contributed by atoms with E-state index >= 15 is 0 Å². The molecule has 0 radical (unpaired) electrons. The second kappa shape index (κ2) is 10.4. The molecule has 0 aliphatic carbocycles. The summed E-state index contributed by atoms with van der Waals surface area (Å²) in [6.45, 7) is 2.70. The van der Waals surface area contributed by atoms with Crippen LogP contribution < -0.4 is 29.1 Å². The molecule has 0 spiro atoms. The SMILES string of the molecule is COc1cc(C)c(S(=O)(=O)N[C@H](CNS(C)(=O)=O)C(=O)NO)c(C)c1Cc1ccc2c(c1)OCO2. The summed E-state index contributed by atoms with van der Waals surface area (Å²) in [6.07, 6.45) is 1.17. The lowest BCUT2D eigenvalue weighted by Gasteiger charge is -2.21. The Morgan fingerprint density at radius 1 is 1.14 bits per heavy atom. The molecule has 0 unspecified atom stereocenters. The molecule has 1 heterocycles. The highest BCUT2D eigenvalue weighted by atomic mass is 32.2. The van der Waals surface area contributed by atoms with Gasteiger partial charge in [-0.1, -0.05) is 6.07 Å². The number of rotatable bonds is 10. The molecule has 3 rings (SSSR count). The smallest absolute Gasteiger partial charge is 0.262 e. The summed E-state index contributed by atoms with van der Waals surface area (Å²) in [7, 11) is -6.61. The van der Waals surface area contributed by atoms with E-state index in [1.807, 2.05) is 6.07 Å². The maximum Gasteiger partial charge on any atom is 0.262 e. The van der Waals surface area contributed by atoms with Crippen LogP contribution in [0.5, 0.6) is 17.2 Å². The van der Waals surface area contributed by atoms with Crippen molar-refractivity contribution in [2.24, 2.45) is 0 Å². The molecule has 0 saturated heterocycles. The minimum Gasteiger partial charge on any atom is -0.496 e. The number of carbonyl (C=O) groups excluding carboxylic acids is 1. The van der Waals surface area contributed by atoms with E-state index in [1.54, 1.807) is 32.0 Å². The third-order valence-electron chi connectivity index (χ3n) is 5.38. The number of benzene rings is 2. The number of amides is 1. The number of carbonyl (C=O) groups is 1. The zero-order valence-corrected chi connectivity index (χ0v) is 21.2. The molecule has 1 aliphatic heterocycles. The fourth-order valence-corrected chi connectivity index (χ4v) is 5.95. The van der Waals surface area contributed by atoms with Gasteiger partial charge in [0.15, 0.2) is 11.5 Å². The first-order chi connectivity index (χ1) is 16.4. The summed E-state index contributed by atoms with van der Waals surface area (Å²) in [5, 5.41) is 9.01. The Morgan fingerprint density at radius 3 is 2.46 bits per heavy atom. The van der Waals surface area contributed by atoms with E-state index in [-0.39, 0.29) is 11.7 Å². The van der Waals surface area contributed by atoms with E-state index in [9.17, 15) is 21.6 Å². The average Bonchev–Trinajstić information content (AvgIpc) is 3.24. The molecule has 35 heavy (non-hydrogen) atoms. The Hall–Kier alpha value is -2.91. The molecule has 1 atom stereocenters. The van der Waals surface area contributed by atoms with Gasteiger partial charge < -0.3 is 14.2 Å². The summed E-state index contributed by atoms with van der Waals surface area (Å²) in [5.74, 6) is 0.538. The summed E-state index contributed by atoms with van der Waals surface area (Å²) in [5.41, 5.74) is 3.49. The highest BCUT2D eigenvalue weighted by Gasteiger charge is 2.30. The molecular formula is C21H27N3O9S2. The first-order valence-corrected chi connectivity index (χ1v) is 13.7. The van der Waals surface area contributed by atoms with Crippen LogP contribution in [-0.4, -0.2) is 60.7 Å². The van der Waals surface area contributed by atoms with Crippen LogP contribution in [0, 0.1) is 13.8 Å². The monoisotopic (exact) mass is 529 g/mol. The molecule has 2 aromatic rings. The highest BCUT2D eigenvalue weighted by Crippen LogP contribution is 2.36. The fraction of sp³-hybridized carbons (Fsp3) is 0.381. The van der Waals surface area contributed by atoms with E-state index in [1.165, 1.54) is 12.6 Å². The molecule has 14 heteroatoms. The van der Waals surface area contributed by atoms with Crippen LogP contribution in [0.25, 0.3) is 0 Å². The number of hydroxylamine groups is 1. The molecular weight excluding hydrogens is 502 g/mol. The van der Waals surface area contributed by atoms with Crippen molar-refractivity contribution in [3.05, 3.63) is 46.5 Å². The fourth-order valence-electron chi connectivity index (χ4n) is 3.78.